The van der Waals surface area contributed by atoms with Crippen molar-refractivity contribution in [1.82, 2.24) is 0 Å². The van der Waals surface area contributed by atoms with E-state index in [9.17, 15) is 4.79 Å². The SMILES string of the molecule is C[C@H](CC=O)[C@@]1(C)CC[C@H]2[C@@H](O[Si](C)(C)C(C)(C)C)CCC[C@H]21. The average molecular weight is 339 g/mol. The number of fused-ring (bicyclic) bond motifs is 1. The fraction of sp³-hybridized carbons (Fsp3) is 0.950. The van der Waals surface area contributed by atoms with Crippen molar-refractivity contribution in [3.8, 4) is 0 Å². The molecule has 23 heavy (non-hydrogen) atoms. The number of hydrogen-bond acceptors (Lipinski definition) is 2. The van der Waals surface area contributed by atoms with E-state index in [0.717, 1.165) is 18.1 Å². The number of carbonyl (C=O) groups excluding carboxylic acids is 1. The van der Waals surface area contributed by atoms with Gasteiger partial charge in [-0.25, -0.2) is 0 Å². The van der Waals surface area contributed by atoms with Crippen LogP contribution >= 0.6 is 0 Å². The molecule has 0 aromatic heterocycles. The molecule has 0 saturated heterocycles. The van der Waals surface area contributed by atoms with Crippen molar-refractivity contribution in [3.63, 3.8) is 0 Å². The van der Waals surface area contributed by atoms with Crippen LogP contribution in [0.15, 0.2) is 0 Å². The number of hydrogen-bond donors (Lipinski definition) is 0. The Balaban J connectivity index is 2.14. The Hall–Kier alpha value is -0.153. The maximum atomic E-state index is 11.0. The average Bonchev–Trinajstić information content (AvgIpc) is 2.78. The van der Waals surface area contributed by atoms with E-state index >= 15 is 0 Å². The molecule has 0 unspecified atom stereocenters. The lowest BCUT2D eigenvalue weighted by Gasteiger charge is -2.47. The lowest BCUT2D eigenvalue weighted by atomic mass is 9.63. The standard InChI is InChI=1S/C20H38O2Si/c1-15(12-14-21)20(5)13-11-16-17(20)9-8-10-18(16)22-23(6,7)19(2,3)4/h14-18H,8-13H2,1-7H3/t15-,16-,17-,18+,20-/m1/s1. The van der Waals surface area contributed by atoms with E-state index in [1.807, 2.05) is 0 Å². The van der Waals surface area contributed by atoms with Crippen LogP contribution in [0.2, 0.25) is 18.1 Å². The highest BCUT2D eigenvalue weighted by atomic mass is 28.4. The summed E-state index contributed by atoms with van der Waals surface area (Å²) in [6.07, 6.45) is 8.73. The van der Waals surface area contributed by atoms with Crippen molar-refractivity contribution in [1.29, 1.82) is 0 Å². The van der Waals surface area contributed by atoms with Gasteiger partial charge >= 0.3 is 0 Å². The monoisotopic (exact) mass is 338 g/mol. The van der Waals surface area contributed by atoms with Crippen molar-refractivity contribution < 1.29 is 9.22 Å². The minimum absolute atomic E-state index is 0.284. The smallest absolute Gasteiger partial charge is 0.192 e. The van der Waals surface area contributed by atoms with Crippen LogP contribution in [0.1, 0.15) is 73.1 Å². The second kappa shape index (κ2) is 6.63. The molecule has 0 aromatic carbocycles. The van der Waals surface area contributed by atoms with Crippen molar-refractivity contribution >= 4 is 14.6 Å². The Morgan fingerprint density at radius 2 is 1.91 bits per heavy atom. The molecule has 2 aliphatic carbocycles. The normalized spacial score (nSPS) is 36.6. The Morgan fingerprint density at radius 1 is 1.26 bits per heavy atom. The number of carbonyl (C=O) groups is 1. The molecule has 0 amide bonds. The third kappa shape index (κ3) is 3.61. The van der Waals surface area contributed by atoms with Gasteiger partial charge in [0.15, 0.2) is 8.32 Å². The third-order valence-electron chi connectivity index (χ3n) is 7.69. The first-order chi connectivity index (χ1) is 10.5. The zero-order valence-corrected chi connectivity index (χ0v) is 17.4. The molecular formula is C20H38O2Si. The molecule has 0 aliphatic heterocycles. The second-order valence-electron chi connectivity index (χ2n) is 9.97. The Labute approximate surface area is 144 Å². The number of aldehydes is 1. The van der Waals surface area contributed by atoms with Crippen LogP contribution in [0.3, 0.4) is 0 Å². The van der Waals surface area contributed by atoms with Crippen LogP contribution in [0.5, 0.6) is 0 Å². The van der Waals surface area contributed by atoms with E-state index < -0.39 is 8.32 Å². The highest BCUT2D eigenvalue weighted by Crippen LogP contribution is 2.58. The zero-order chi connectivity index (χ0) is 17.5. The summed E-state index contributed by atoms with van der Waals surface area (Å²) in [5, 5.41) is 0.284. The molecule has 0 bridgehead atoms. The first-order valence-corrected chi connectivity index (χ1v) is 12.5. The highest BCUT2D eigenvalue weighted by molar-refractivity contribution is 6.74. The topological polar surface area (TPSA) is 26.3 Å². The molecule has 0 N–H and O–H groups in total. The summed E-state index contributed by atoms with van der Waals surface area (Å²) in [6.45, 7) is 16.5. The van der Waals surface area contributed by atoms with E-state index in [1.54, 1.807) is 0 Å². The minimum atomic E-state index is -1.70. The Bertz CT molecular complexity index is 426. The molecule has 2 rings (SSSR count). The van der Waals surface area contributed by atoms with E-state index in [-0.39, 0.29) is 5.04 Å². The first-order valence-electron chi connectivity index (χ1n) is 9.64. The molecule has 0 radical (unpaired) electrons. The largest absolute Gasteiger partial charge is 0.414 e. The molecule has 0 aromatic rings. The van der Waals surface area contributed by atoms with E-state index in [2.05, 4.69) is 47.7 Å². The maximum Gasteiger partial charge on any atom is 0.192 e. The molecule has 5 atom stereocenters. The maximum absolute atomic E-state index is 11.0. The fourth-order valence-electron chi connectivity index (χ4n) is 4.82. The van der Waals surface area contributed by atoms with E-state index in [0.29, 0.717) is 23.9 Å². The van der Waals surface area contributed by atoms with Gasteiger partial charge < -0.3 is 9.22 Å². The van der Waals surface area contributed by atoms with Crippen LogP contribution in [-0.2, 0) is 9.22 Å². The first kappa shape index (κ1) is 19.2. The molecule has 2 nitrogen and oxygen atoms in total. The quantitative estimate of drug-likeness (QED) is 0.466. The van der Waals surface area contributed by atoms with Crippen LogP contribution in [0, 0.1) is 23.2 Å². The predicted octanol–water partition coefficient (Wildman–Crippen LogP) is 5.82. The van der Waals surface area contributed by atoms with Gasteiger partial charge in [-0.3, -0.25) is 0 Å². The van der Waals surface area contributed by atoms with Gasteiger partial charge in [-0.2, -0.15) is 0 Å². The highest BCUT2D eigenvalue weighted by Gasteiger charge is 2.53. The Morgan fingerprint density at radius 3 is 2.48 bits per heavy atom. The second-order valence-corrected chi connectivity index (χ2v) is 14.7. The van der Waals surface area contributed by atoms with Crippen LogP contribution in [0.25, 0.3) is 0 Å². The van der Waals surface area contributed by atoms with E-state index in [4.69, 9.17) is 4.43 Å². The van der Waals surface area contributed by atoms with Gasteiger partial charge in [-0.1, -0.05) is 41.0 Å². The minimum Gasteiger partial charge on any atom is -0.414 e. The third-order valence-corrected chi connectivity index (χ3v) is 12.2. The van der Waals surface area contributed by atoms with Gasteiger partial charge in [0.25, 0.3) is 0 Å². The van der Waals surface area contributed by atoms with Crippen molar-refractivity contribution in [3.05, 3.63) is 0 Å². The Kier molecular flexibility index (Phi) is 5.53. The molecule has 2 aliphatic rings. The van der Waals surface area contributed by atoms with Crippen LogP contribution in [-0.4, -0.2) is 20.7 Å². The summed E-state index contributed by atoms with van der Waals surface area (Å²) in [6, 6.07) is 0. The number of rotatable bonds is 5. The summed E-state index contributed by atoms with van der Waals surface area (Å²) >= 11 is 0. The van der Waals surface area contributed by atoms with E-state index in [1.165, 1.54) is 32.1 Å². The van der Waals surface area contributed by atoms with Crippen LogP contribution < -0.4 is 0 Å². The lowest BCUT2D eigenvalue weighted by Crippen LogP contribution is -2.48. The van der Waals surface area contributed by atoms with Crippen molar-refractivity contribution in [2.45, 2.75) is 97.4 Å². The fourth-order valence-corrected chi connectivity index (χ4v) is 6.23. The molecule has 2 fully saturated rings. The van der Waals surface area contributed by atoms with Crippen LogP contribution in [0.4, 0.5) is 0 Å². The van der Waals surface area contributed by atoms with Gasteiger partial charge in [-0.05, 0) is 67.0 Å². The molecule has 2 saturated carbocycles. The van der Waals surface area contributed by atoms with Gasteiger partial charge in [0, 0.05) is 12.5 Å². The van der Waals surface area contributed by atoms with Gasteiger partial charge in [0.05, 0.1) is 0 Å². The lowest BCUT2D eigenvalue weighted by molar-refractivity contribution is -0.109. The van der Waals surface area contributed by atoms with Crippen molar-refractivity contribution in [2.24, 2.45) is 23.2 Å². The van der Waals surface area contributed by atoms with Gasteiger partial charge in [0.1, 0.15) is 6.29 Å². The van der Waals surface area contributed by atoms with Crippen molar-refractivity contribution in [2.75, 3.05) is 0 Å². The summed E-state index contributed by atoms with van der Waals surface area (Å²) < 4.78 is 6.86. The predicted molar refractivity (Wildman–Crippen MR) is 100 cm³/mol. The molecule has 134 valence electrons. The molecular weight excluding hydrogens is 300 g/mol. The van der Waals surface area contributed by atoms with Gasteiger partial charge in [0.2, 0.25) is 0 Å². The summed E-state index contributed by atoms with van der Waals surface area (Å²) in [7, 11) is -1.70. The molecule has 0 heterocycles. The molecule has 0 spiro atoms. The summed E-state index contributed by atoms with van der Waals surface area (Å²) in [4.78, 5) is 11.0. The summed E-state index contributed by atoms with van der Waals surface area (Å²) in [5.74, 6) is 1.97. The summed E-state index contributed by atoms with van der Waals surface area (Å²) in [5.41, 5.74) is 0.334. The van der Waals surface area contributed by atoms with Gasteiger partial charge in [-0.15, -0.1) is 0 Å². The zero-order valence-electron chi connectivity index (χ0n) is 16.4. The molecule has 3 heteroatoms.